The summed E-state index contributed by atoms with van der Waals surface area (Å²) < 4.78 is 65.3. The molecule has 0 aromatic heterocycles. The number of hydrogen-bond donors (Lipinski definition) is 1. The average molecular weight is 617 g/mol. The molecular formula is C29H37BrF3NO5. The fraction of sp³-hybridized carbons (Fsp3) is 0.552. The maximum absolute atomic E-state index is 13.9. The molecule has 1 fully saturated rings. The van der Waals surface area contributed by atoms with Crippen LogP contribution in [0.2, 0.25) is 0 Å². The Bertz CT molecular complexity index is 1100. The first-order valence-corrected chi connectivity index (χ1v) is 13.7. The highest BCUT2D eigenvalue weighted by atomic mass is 79.9. The Hall–Kier alpha value is -2.30. The van der Waals surface area contributed by atoms with Crippen LogP contribution in [-0.4, -0.2) is 42.8 Å². The summed E-state index contributed by atoms with van der Waals surface area (Å²) in [6, 6.07) is 11.9. The lowest BCUT2D eigenvalue weighted by Gasteiger charge is -2.44. The van der Waals surface area contributed by atoms with Crippen LogP contribution in [0.5, 0.6) is 5.75 Å². The van der Waals surface area contributed by atoms with Crippen molar-refractivity contribution in [3.8, 4) is 5.75 Å². The Morgan fingerprint density at radius 3 is 2.21 bits per heavy atom. The fourth-order valence-corrected chi connectivity index (χ4v) is 4.34. The lowest BCUT2D eigenvalue weighted by molar-refractivity contribution is -0.271. The molecule has 0 bridgehead atoms. The zero-order valence-corrected chi connectivity index (χ0v) is 24.6. The molecule has 0 unspecified atom stereocenters. The number of hydrogen-bond acceptors (Lipinski definition) is 5. The second-order valence-corrected chi connectivity index (χ2v) is 12.2. The summed E-state index contributed by atoms with van der Waals surface area (Å²) >= 11 is 3.38. The number of alkyl halides is 3. The molecule has 2 aromatic carbocycles. The van der Waals surface area contributed by atoms with Crippen molar-refractivity contribution in [2.45, 2.75) is 83.4 Å². The molecule has 0 atom stereocenters. The minimum absolute atomic E-state index is 0.130. The van der Waals surface area contributed by atoms with E-state index in [2.05, 4.69) is 21.2 Å². The number of benzene rings is 2. The van der Waals surface area contributed by atoms with Gasteiger partial charge in [-0.15, -0.1) is 0 Å². The van der Waals surface area contributed by atoms with Gasteiger partial charge in [0.1, 0.15) is 11.4 Å². The molecule has 1 aliphatic rings. The number of nitrogens with one attached hydrogen (secondary N) is 1. The molecule has 10 heteroatoms. The first-order chi connectivity index (χ1) is 18.1. The second-order valence-electron chi connectivity index (χ2n) is 11.3. The molecule has 0 spiro atoms. The Morgan fingerprint density at radius 2 is 1.62 bits per heavy atom. The molecule has 3 rings (SSSR count). The van der Waals surface area contributed by atoms with Gasteiger partial charge in [-0.2, -0.15) is 13.2 Å². The van der Waals surface area contributed by atoms with Gasteiger partial charge in [-0.25, -0.2) is 4.79 Å². The lowest BCUT2D eigenvalue weighted by Crippen LogP contribution is -2.61. The highest BCUT2D eigenvalue weighted by Gasteiger charge is 2.42. The maximum Gasteiger partial charge on any atom is 0.419 e. The summed E-state index contributed by atoms with van der Waals surface area (Å²) in [6.45, 7) is 9.19. The van der Waals surface area contributed by atoms with Gasteiger partial charge in [-0.3, -0.25) is 0 Å². The van der Waals surface area contributed by atoms with Gasteiger partial charge in [0.2, 0.25) is 0 Å². The number of ether oxygens (including phenoxy) is 4. The number of alkyl carbamates (subject to hydrolysis) is 1. The Kier molecular flexibility index (Phi) is 9.99. The highest BCUT2D eigenvalue weighted by Crippen LogP contribution is 2.38. The van der Waals surface area contributed by atoms with E-state index in [9.17, 15) is 18.0 Å². The summed E-state index contributed by atoms with van der Waals surface area (Å²) in [4.78, 5) is 12.6. The lowest BCUT2D eigenvalue weighted by atomic mass is 9.91. The highest BCUT2D eigenvalue weighted by molar-refractivity contribution is 9.10. The van der Waals surface area contributed by atoms with Crippen LogP contribution < -0.4 is 10.1 Å². The molecule has 1 N–H and O–H groups in total. The van der Waals surface area contributed by atoms with Crippen molar-refractivity contribution < 1.29 is 36.9 Å². The van der Waals surface area contributed by atoms with E-state index in [0.29, 0.717) is 18.4 Å². The summed E-state index contributed by atoms with van der Waals surface area (Å²) in [6.07, 6.45) is -3.42. The number of halogens is 4. The Morgan fingerprint density at radius 1 is 1.00 bits per heavy atom. The molecule has 1 heterocycles. The van der Waals surface area contributed by atoms with Crippen molar-refractivity contribution in [3.05, 3.63) is 63.6 Å². The van der Waals surface area contributed by atoms with Crippen molar-refractivity contribution in [1.82, 2.24) is 5.32 Å². The third kappa shape index (κ3) is 9.99. The first-order valence-electron chi connectivity index (χ1n) is 12.9. The van der Waals surface area contributed by atoms with Crippen molar-refractivity contribution in [2.75, 3.05) is 19.8 Å². The predicted molar refractivity (Wildman–Crippen MR) is 146 cm³/mol. The van der Waals surface area contributed by atoms with E-state index in [0.717, 1.165) is 16.1 Å². The van der Waals surface area contributed by atoms with Crippen LogP contribution in [0.4, 0.5) is 18.0 Å². The van der Waals surface area contributed by atoms with Gasteiger partial charge in [-0.1, -0.05) is 34.1 Å². The van der Waals surface area contributed by atoms with Gasteiger partial charge in [0.25, 0.3) is 0 Å². The molecule has 216 valence electrons. The monoisotopic (exact) mass is 615 g/mol. The third-order valence-electron chi connectivity index (χ3n) is 6.18. The van der Waals surface area contributed by atoms with Gasteiger partial charge < -0.3 is 24.3 Å². The average Bonchev–Trinajstić information content (AvgIpc) is 2.82. The van der Waals surface area contributed by atoms with Crippen LogP contribution in [0.3, 0.4) is 0 Å². The first kappa shape index (κ1) is 31.2. The number of carbonyl (C=O) groups excluding carboxylic acids is 1. The van der Waals surface area contributed by atoms with E-state index in [1.54, 1.807) is 40.7 Å². The minimum atomic E-state index is -4.58. The van der Waals surface area contributed by atoms with E-state index < -0.39 is 34.8 Å². The molecule has 0 aliphatic carbocycles. The van der Waals surface area contributed by atoms with Crippen molar-refractivity contribution >= 4 is 22.0 Å². The SMILES string of the molecule is CC(C)(C)OC(=O)NC1(CCc2ccc(OCCCc3ccc(Br)cc3)c(C(F)(F)F)c2)COC(C)(C)OC1. The van der Waals surface area contributed by atoms with Gasteiger partial charge in [0, 0.05) is 4.47 Å². The molecule has 0 saturated carbocycles. The summed E-state index contributed by atoms with van der Waals surface area (Å²) in [5.41, 5.74) is -0.953. The van der Waals surface area contributed by atoms with Crippen LogP contribution in [0.1, 0.15) is 64.2 Å². The van der Waals surface area contributed by atoms with E-state index in [4.69, 9.17) is 18.9 Å². The second kappa shape index (κ2) is 12.5. The van der Waals surface area contributed by atoms with Crippen LogP contribution in [0, 0.1) is 0 Å². The maximum atomic E-state index is 13.9. The van der Waals surface area contributed by atoms with Gasteiger partial charge in [0.05, 0.1) is 30.9 Å². The van der Waals surface area contributed by atoms with E-state index in [1.165, 1.54) is 6.07 Å². The van der Waals surface area contributed by atoms with E-state index >= 15 is 0 Å². The number of amides is 1. The van der Waals surface area contributed by atoms with Crippen LogP contribution in [-0.2, 0) is 33.2 Å². The molecule has 1 saturated heterocycles. The number of rotatable bonds is 9. The summed E-state index contributed by atoms with van der Waals surface area (Å²) in [5.74, 6) is -1.03. The van der Waals surface area contributed by atoms with Crippen molar-refractivity contribution in [1.29, 1.82) is 0 Å². The van der Waals surface area contributed by atoms with Crippen LogP contribution in [0.25, 0.3) is 0 Å². The Balaban J connectivity index is 1.68. The van der Waals surface area contributed by atoms with E-state index in [1.807, 2.05) is 24.3 Å². The summed E-state index contributed by atoms with van der Waals surface area (Å²) in [5, 5.41) is 2.84. The number of carbonyl (C=O) groups is 1. The zero-order chi connectivity index (χ0) is 28.9. The van der Waals surface area contributed by atoms with Crippen molar-refractivity contribution in [3.63, 3.8) is 0 Å². The largest absolute Gasteiger partial charge is 0.493 e. The predicted octanol–water partition coefficient (Wildman–Crippen LogP) is 7.46. The molecular weight excluding hydrogens is 579 g/mol. The standard InChI is InChI=1S/C29H37BrF3NO5/c1-26(2,3)39-25(35)34-28(18-37-27(4,5)38-19-28)15-14-21-10-13-24(23(17-21)29(31,32)33)36-16-6-7-20-8-11-22(30)12-9-20/h8-13,17H,6-7,14-16,18-19H2,1-5H3,(H,34,35). The molecule has 1 amide bonds. The van der Waals surface area contributed by atoms with Crippen molar-refractivity contribution in [2.24, 2.45) is 0 Å². The normalized spacial score (nSPS) is 16.9. The van der Waals surface area contributed by atoms with Gasteiger partial charge in [-0.05, 0) is 95.7 Å². The molecule has 2 aromatic rings. The fourth-order valence-electron chi connectivity index (χ4n) is 4.08. The Labute approximate surface area is 236 Å². The van der Waals surface area contributed by atoms with Gasteiger partial charge in [0.15, 0.2) is 5.79 Å². The summed E-state index contributed by atoms with van der Waals surface area (Å²) in [7, 11) is 0. The third-order valence-corrected chi connectivity index (χ3v) is 6.71. The molecule has 39 heavy (non-hydrogen) atoms. The quantitative estimate of drug-likeness (QED) is 0.297. The minimum Gasteiger partial charge on any atom is -0.493 e. The topological polar surface area (TPSA) is 66.0 Å². The number of aryl methyl sites for hydroxylation is 2. The zero-order valence-electron chi connectivity index (χ0n) is 23.0. The van der Waals surface area contributed by atoms with Crippen LogP contribution >= 0.6 is 15.9 Å². The smallest absolute Gasteiger partial charge is 0.419 e. The van der Waals surface area contributed by atoms with Crippen LogP contribution in [0.15, 0.2) is 46.9 Å². The molecule has 0 radical (unpaired) electrons. The van der Waals surface area contributed by atoms with E-state index in [-0.39, 0.29) is 38.4 Å². The van der Waals surface area contributed by atoms with Gasteiger partial charge >= 0.3 is 12.3 Å². The molecule has 6 nitrogen and oxygen atoms in total. The molecule has 1 aliphatic heterocycles.